The third-order valence-corrected chi connectivity index (χ3v) is 3.60. The Morgan fingerprint density at radius 3 is 2.14 bits per heavy atom. The normalized spacial score (nSPS) is 21.0. The molecule has 1 rings (SSSR count). The molecule has 4 nitrogen and oxygen atoms in total. The van der Waals surface area contributed by atoms with E-state index in [1.807, 2.05) is 6.92 Å². The van der Waals surface area contributed by atoms with Crippen LogP contribution in [0.2, 0.25) is 0 Å². The van der Waals surface area contributed by atoms with Gasteiger partial charge in [0.1, 0.15) is 0 Å². The van der Waals surface area contributed by atoms with E-state index >= 15 is 0 Å². The Balaban J connectivity index is 2.43. The molecular weight excluding hydrogens is 200 g/mol. The fourth-order valence-corrected chi connectivity index (χ4v) is 2.43. The molecule has 1 aliphatic heterocycles. The van der Waals surface area contributed by atoms with Gasteiger partial charge in [0.15, 0.2) is 0 Å². The molecule has 0 aromatic carbocycles. The van der Waals surface area contributed by atoms with E-state index in [0.29, 0.717) is 13.1 Å². The number of sulfonamides is 1. The molecule has 82 valence electrons. The first-order chi connectivity index (χ1) is 6.39. The van der Waals surface area contributed by atoms with Crippen molar-refractivity contribution in [2.75, 3.05) is 39.0 Å². The molecule has 0 amide bonds. The van der Waals surface area contributed by atoms with E-state index in [9.17, 15) is 8.42 Å². The van der Waals surface area contributed by atoms with Crippen LogP contribution in [0.25, 0.3) is 0 Å². The van der Waals surface area contributed by atoms with Crippen LogP contribution >= 0.6 is 0 Å². The van der Waals surface area contributed by atoms with E-state index in [0.717, 1.165) is 25.2 Å². The first kappa shape index (κ1) is 11.7. The largest absolute Gasteiger partial charge is 0.297 e. The Kier molecular flexibility index (Phi) is 3.69. The Labute approximate surface area is 86.2 Å². The van der Waals surface area contributed by atoms with E-state index < -0.39 is 10.0 Å². The Morgan fingerprint density at radius 2 is 1.79 bits per heavy atom. The SMILES string of the molecule is C=C(C)CN1CCN(S(C)(=O)=O)CC1. The third kappa shape index (κ3) is 3.40. The molecule has 0 spiro atoms. The van der Waals surface area contributed by atoms with E-state index in [-0.39, 0.29) is 0 Å². The second-order valence-electron chi connectivity index (χ2n) is 3.90. The molecule has 0 aliphatic carbocycles. The summed E-state index contributed by atoms with van der Waals surface area (Å²) in [5.74, 6) is 0. The highest BCUT2D eigenvalue weighted by Gasteiger charge is 2.22. The van der Waals surface area contributed by atoms with Crippen LogP contribution in [0, 0.1) is 0 Å². The van der Waals surface area contributed by atoms with Crippen LogP contribution in [0.3, 0.4) is 0 Å². The summed E-state index contributed by atoms with van der Waals surface area (Å²) < 4.78 is 23.9. The molecular formula is C9H18N2O2S. The van der Waals surface area contributed by atoms with Crippen molar-refractivity contribution in [2.45, 2.75) is 6.92 Å². The van der Waals surface area contributed by atoms with E-state index in [1.54, 1.807) is 0 Å². The summed E-state index contributed by atoms with van der Waals surface area (Å²) in [6.07, 6.45) is 1.27. The maximum Gasteiger partial charge on any atom is 0.211 e. The van der Waals surface area contributed by atoms with Gasteiger partial charge in [-0.1, -0.05) is 12.2 Å². The number of piperazine rings is 1. The van der Waals surface area contributed by atoms with Gasteiger partial charge >= 0.3 is 0 Å². The van der Waals surface area contributed by atoms with Gasteiger partial charge < -0.3 is 0 Å². The highest BCUT2D eigenvalue weighted by molar-refractivity contribution is 7.88. The summed E-state index contributed by atoms with van der Waals surface area (Å²) >= 11 is 0. The lowest BCUT2D eigenvalue weighted by atomic mass is 10.3. The average molecular weight is 218 g/mol. The molecule has 14 heavy (non-hydrogen) atoms. The maximum absolute atomic E-state index is 11.2. The zero-order valence-corrected chi connectivity index (χ0v) is 9.68. The van der Waals surface area contributed by atoms with Crippen molar-refractivity contribution >= 4 is 10.0 Å². The first-order valence-corrected chi connectivity index (χ1v) is 6.56. The number of rotatable bonds is 3. The molecule has 0 unspecified atom stereocenters. The highest BCUT2D eigenvalue weighted by Crippen LogP contribution is 2.06. The fourth-order valence-electron chi connectivity index (χ4n) is 1.60. The van der Waals surface area contributed by atoms with Crippen molar-refractivity contribution < 1.29 is 8.42 Å². The quantitative estimate of drug-likeness (QED) is 0.633. The topological polar surface area (TPSA) is 40.6 Å². The summed E-state index contributed by atoms with van der Waals surface area (Å²) in [4.78, 5) is 2.23. The average Bonchev–Trinajstić information content (AvgIpc) is 2.02. The van der Waals surface area contributed by atoms with Crippen LogP contribution in [0.15, 0.2) is 12.2 Å². The molecule has 1 fully saturated rings. The second-order valence-corrected chi connectivity index (χ2v) is 5.88. The van der Waals surface area contributed by atoms with Crippen LogP contribution in [-0.2, 0) is 10.0 Å². The molecule has 0 bridgehead atoms. The van der Waals surface area contributed by atoms with Crippen molar-refractivity contribution in [1.82, 2.24) is 9.21 Å². The molecule has 0 radical (unpaired) electrons. The van der Waals surface area contributed by atoms with Crippen molar-refractivity contribution in [2.24, 2.45) is 0 Å². The maximum atomic E-state index is 11.2. The Hall–Kier alpha value is -0.390. The summed E-state index contributed by atoms with van der Waals surface area (Å²) in [5, 5.41) is 0. The summed E-state index contributed by atoms with van der Waals surface area (Å²) in [6, 6.07) is 0. The lowest BCUT2D eigenvalue weighted by Gasteiger charge is -2.33. The summed E-state index contributed by atoms with van der Waals surface area (Å²) in [5.41, 5.74) is 1.12. The first-order valence-electron chi connectivity index (χ1n) is 4.71. The van der Waals surface area contributed by atoms with E-state index in [4.69, 9.17) is 0 Å². The predicted molar refractivity (Wildman–Crippen MR) is 57.7 cm³/mol. The Morgan fingerprint density at radius 1 is 1.29 bits per heavy atom. The molecule has 0 aromatic heterocycles. The van der Waals surface area contributed by atoms with Crippen molar-refractivity contribution in [3.63, 3.8) is 0 Å². The van der Waals surface area contributed by atoms with Crippen LogP contribution in [0.1, 0.15) is 6.92 Å². The minimum Gasteiger partial charge on any atom is -0.297 e. The van der Waals surface area contributed by atoms with Crippen molar-refractivity contribution in [3.8, 4) is 0 Å². The van der Waals surface area contributed by atoms with Crippen LogP contribution in [0.5, 0.6) is 0 Å². The van der Waals surface area contributed by atoms with Crippen LogP contribution in [-0.4, -0.2) is 56.6 Å². The molecule has 1 aliphatic rings. The Bertz CT molecular complexity index is 303. The van der Waals surface area contributed by atoms with Gasteiger partial charge in [0.25, 0.3) is 0 Å². The zero-order valence-electron chi connectivity index (χ0n) is 8.86. The number of hydrogen-bond acceptors (Lipinski definition) is 3. The van der Waals surface area contributed by atoms with Crippen molar-refractivity contribution in [1.29, 1.82) is 0 Å². The highest BCUT2D eigenvalue weighted by atomic mass is 32.2. The molecule has 0 N–H and O–H groups in total. The standard InChI is InChI=1S/C9H18N2O2S/c1-9(2)8-10-4-6-11(7-5-10)14(3,12)13/h1,4-8H2,2-3H3. The van der Waals surface area contributed by atoms with Crippen LogP contribution in [0.4, 0.5) is 0 Å². The third-order valence-electron chi connectivity index (χ3n) is 2.29. The van der Waals surface area contributed by atoms with Gasteiger partial charge in [-0.2, -0.15) is 4.31 Å². The fraction of sp³-hybridized carbons (Fsp3) is 0.778. The molecule has 1 saturated heterocycles. The molecule has 0 saturated carbocycles. The molecule has 5 heteroatoms. The van der Waals surface area contributed by atoms with Crippen LogP contribution < -0.4 is 0 Å². The van der Waals surface area contributed by atoms with Crippen molar-refractivity contribution in [3.05, 3.63) is 12.2 Å². The van der Waals surface area contributed by atoms with E-state index in [2.05, 4.69) is 11.5 Å². The number of nitrogens with zero attached hydrogens (tertiary/aromatic N) is 2. The zero-order chi connectivity index (χ0) is 10.8. The van der Waals surface area contributed by atoms with Gasteiger partial charge in [-0.3, -0.25) is 4.90 Å². The monoisotopic (exact) mass is 218 g/mol. The second kappa shape index (κ2) is 4.42. The predicted octanol–water partition coefficient (Wildman–Crippen LogP) is 0.140. The lowest BCUT2D eigenvalue weighted by Crippen LogP contribution is -2.48. The van der Waals surface area contributed by atoms with Gasteiger partial charge in [0, 0.05) is 32.7 Å². The molecule has 0 aromatic rings. The minimum absolute atomic E-state index is 0.603. The van der Waals surface area contributed by atoms with Gasteiger partial charge in [0.05, 0.1) is 6.26 Å². The minimum atomic E-state index is -2.99. The molecule has 0 atom stereocenters. The molecule has 1 heterocycles. The number of hydrogen-bond donors (Lipinski definition) is 0. The van der Waals surface area contributed by atoms with Gasteiger partial charge in [-0.05, 0) is 6.92 Å². The lowest BCUT2D eigenvalue weighted by molar-refractivity contribution is 0.202. The van der Waals surface area contributed by atoms with Gasteiger partial charge in [-0.15, -0.1) is 0 Å². The smallest absolute Gasteiger partial charge is 0.211 e. The van der Waals surface area contributed by atoms with E-state index in [1.165, 1.54) is 10.6 Å². The van der Waals surface area contributed by atoms with Gasteiger partial charge in [-0.25, -0.2) is 8.42 Å². The summed E-state index contributed by atoms with van der Waals surface area (Å²) in [6.45, 7) is 9.52. The van der Waals surface area contributed by atoms with Gasteiger partial charge in [0.2, 0.25) is 10.0 Å². The summed E-state index contributed by atoms with van der Waals surface area (Å²) in [7, 11) is -2.99.